The van der Waals surface area contributed by atoms with Gasteiger partial charge in [-0.25, -0.2) is 0 Å². The van der Waals surface area contributed by atoms with Crippen LogP contribution in [0.1, 0.15) is 50.8 Å². The summed E-state index contributed by atoms with van der Waals surface area (Å²) in [6, 6.07) is 15.4. The van der Waals surface area contributed by atoms with E-state index in [0.717, 1.165) is 5.56 Å². The number of hydrogen-bond acceptors (Lipinski definition) is 7. The van der Waals surface area contributed by atoms with Gasteiger partial charge in [0.1, 0.15) is 11.6 Å². The molecule has 0 aromatic heterocycles. The molecule has 11 heteroatoms. The standard InChI is InChI=1S/C29H38N4O7/c1-4-19(2)27(40-18-20-11-7-5-8-12-20)24-26(33(38)39)25(21-13-9-6-10-14-21)32(22(34)17-30)29(24,3)28(37)31-16-15-23(35)36/h5-14,19,24-27H,4,15-18,30H2,1-3H3,(H,31,37)(H,35,36)/t19-,24?,25-,26?,27?,29-/m0/s1. The average molecular weight is 555 g/mol. The van der Waals surface area contributed by atoms with Gasteiger partial charge in [-0.2, -0.15) is 0 Å². The Morgan fingerprint density at radius 2 is 1.75 bits per heavy atom. The Kier molecular flexibility index (Phi) is 10.4. The number of aliphatic carboxylic acids is 1. The summed E-state index contributed by atoms with van der Waals surface area (Å²) in [5.41, 5.74) is 5.38. The van der Waals surface area contributed by atoms with Crippen LogP contribution in [0.4, 0.5) is 0 Å². The summed E-state index contributed by atoms with van der Waals surface area (Å²) in [5, 5.41) is 24.7. The van der Waals surface area contributed by atoms with E-state index in [0.29, 0.717) is 12.0 Å². The Morgan fingerprint density at radius 3 is 2.27 bits per heavy atom. The summed E-state index contributed by atoms with van der Waals surface area (Å²) in [4.78, 5) is 52.4. The molecule has 0 saturated carbocycles. The third-order valence-corrected chi connectivity index (χ3v) is 7.88. The molecule has 6 atom stereocenters. The zero-order valence-electron chi connectivity index (χ0n) is 23.1. The number of rotatable bonds is 13. The van der Waals surface area contributed by atoms with Gasteiger partial charge in [0.15, 0.2) is 0 Å². The Balaban J connectivity index is 2.23. The maximum atomic E-state index is 14.0. The molecule has 0 bridgehead atoms. The smallest absolute Gasteiger partial charge is 0.305 e. The van der Waals surface area contributed by atoms with E-state index in [9.17, 15) is 24.5 Å². The fourth-order valence-corrected chi connectivity index (χ4v) is 5.74. The number of nitrogens with one attached hydrogen (secondary N) is 1. The van der Waals surface area contributed by atoms with Crippen molar-refractivity contribution in [2.24, 2.45) is 17.6 Å². The second-order valence-electron chi connectivity index (χ2n) is 10.3. The van der Waals surface area contributed by atoms with E-state index in [1.54, 1.807) is 30.3 Å². The van der Waals surface area contributed by atoms with Crippen molar-refractivity contribution in [3.8, 4) is 0 Å². The number of likely N-dealkylation sites (tertiary alicyclic amines) is 1. The minimum Gasteiger partial charge on any atom is -0.481 e. The van der Waals surface area contributed by atoms with Gasteiger partial charge in [-0.15, -0.1) is 0 Å². The fourth-order valence-electron chi connectivity index (χ4n) is 5.74. The Bertz CT molecular complexity index is 1180. The van der Waals surface area contributed by atoms with Gasteiger partial charge in [0.25, 0.3) is 0 Å². The van der Waals surface area contributed by atoms with Gasteiger partial charge < -0.3 is 25.8 Å². The average Bonchev–Trinajstić information content (AvgIpc) is 3.23. The first kappa shape index (κ1) is 30.7. The number of ether oxygens (including phenoxy) is 1. The summed E-state index contributed by atoms with van der Waals surface area (Å²) in [6.07, 6.45) is -0.562. The van der Waals surface area contributed by atoms with Crippen molar-refractivity contribution in [3.63, 3.8) is 0 Å². The van der Waals surface area contributed by atoms with E-state index >= 15 is 0 Å². The van der Waals surface area contributed by atoms with Gasteiger partial charge in [0, 0.05) is 11.5 Å². The molecule has 4 N–H and O–H groups in total. The molecule has 2 aromatic carbocycles. The number of amides is 2. The van der Waals surface area contributed by atoms with Crippen molar-refractivity contribution in [1.29, 1.82) is 0 Å². The predicted molar refractivity (Wildman–Crippen MR) is 147 cm³/mol. The number of nitrogens with two attached hydrogens (primary N) is 1. The first-order valence-electron chi connectivity index (χ1n) is 13.4. The lowest BCUT2D eigenvalue weighted by molar-refractivity contribution is -0.536. The topological polar surface area (TPSA) is 165 Å². The van der Waals surface area contributed by atoms with E-state index in [1.165, 1.54) is 11.8 Å². The molecule has 1 saturated heterocycles. The normalized spacial score (nSPS) is 23.8. The van der Waals surface area contributed by atoms with Gasteiger partial charge in [0.05, 0.1) is 31.6 Å². The third kappa shape index (κ3) is 6.31. The summed E-state index contributed by atoms with van der Waals surface area (Å²) < 4.78 is 6.43. The molecule has 0 aliphatic carbocycles. The van der Waals surface area contributed by atoms with Crippen molar-refractivity contribution in [2.75, 3.05) is 13.1 Å². The molecule has 3 unspecified atom stereocenters. The minimum atomic E-state index is -1.78. The molecular formula is C29H38N4O7. The van der Waals surface area contributed by atoms with Crippen molar-refractivity contribution >= 4 is 17.8 Å². The number of nitro groups is 1. The molecule has 2 amide bonds. The largest absolute Gasteiger partial charge is 0.481 e. The van der Waals surface area contributed by atoms with Crippen LogP contribution in [0.5, 0.6) is 0 Å². The van der Waals surface area contributed by atoms with Crippen LogP contribution in [-0.2, 0) is 25.7 Å². The number of hydrogen-bond donors (Lipinski definition) is 3. The zero-order chi connectivity index (χ0) is 29.4. The molecule has 1 fully saturated rings. The van der Waals surface area contributed by atoms with E-state index in [4.69, 9.17) is 15.6 Å². The van der Waals surface area contributed by atoms with Crippen LogP contribution in [0.15, 0.2) is 60.7 Å². The first-order valence-corrected chi connectivity index (χ1v) is 13.4. The number of benzene rings is 2. The summed E-state index contributed by atoms with van der Waals surface area (Å²) in [6.45, 7) is 4.80. The highest BCUT2D eigenvalue weighted by Gasteiger charge is 2.69. The van der Waals surface area contributed by atoms with Gasteiger partial charge in [-0.1, -0.05) is 80.9 Å². The van der Waals surface area contributed by atoms with Crippen LogP contribution < -0.4 is 11.1 Å². The van der Waals surface area contributed by atoms with E-state index in [-0.39, 0.29) is 25.5 Å². The zero-order valence-corrected chi connectivity index (χ0v) is 23.1. The summed E-state index contributed by atoms with van der Waals surface area (Å²) >= 11 is 0. The van der Waals surface area contributed by atoms with E-state index in [2.05, 4.69) is 5.32 Å². The highest BCUT2D eigenvalue weighted by molar-refractivity contribution is 5.93. The molecular weight excluding hydrogens is 516 g/mol. The Morgan fingerprint density at radius 1 is 1.15 bits per heavy atom. The molecule has 2 aromatic rings. The monoisotopic (exact) mass is 554 g/mol. The van der Waals surface area contributed by atoms with Crippen molar-refractivity contribution < 1.29 is 29.2 Å². The summed E-state index contributed by atoms with van der Waals surface area (Å²) in [7, 11) is 0. The highest BCUT2D eigenvalue weighted by atomic mass is 16.6. The third-order valence-electron chi connectivity index (χ3n) is 7.88. The fraction of sp³-hybridized carbons (Fsp3) is 0.483. The predicted octanol–water partition coefficient (Wildman–Crippen LogP) is 2.77. The lowest BCUT2D eigenvalue weighted by Gasteiger charge is -2.42. The van der Waals surface area contributed by atoms with Crippen molar-refractivity contribution in [3.05, 3.63) is 81.9 Å². The second kappa shape index (κ2) is 13.5. The van der Waals surface area contributed by atoms with E-state index in [1.807, 2.05) is 44.2 Å². The number of carboxylic acid groups (broad SMARTS) is 1. The lowest BCUT2D eigenvalue weighted by atomic mass is 9.74. The van der Waals surface area contributed by atoms with Crippen LogP contribution in [0.3, 0.4) is 0 Å². The molecule has 0 radical (unpaired) electrons. The molecule has 1 aliphatic heterocycles. The van der Waals surface area contributed by atoms with E-state index < -0.39 is 58.9 Å². The van der Waals surface area contributed by atoms with Gasteiger partial charge in [-0.3, -0.25) is 24.5 Å². The minimum absolute atomic E-state index is 0.147. The van der Waals surface area contributed by atoms with Crippen LogP contribution >= 0.6 is 0 Å². The molecule has 1 aliphatic rings. The number of nitrogens with zero attached hydrogens (tertiary/aromatic N) is 2. The molecule has 1 heterocycles. The van der Waals surface area contributed by atoms with Gasteiger partial charge in [-0.05, 0) is 24.0 Å². The SMILES string of the molecule is CC[C@H](C)C(OCc1ccccc1)C1C([N+](=O)[O-])[C@H](c2ccccc2)N(C(=O)CN)[C@]1(C)C(=O)NCCC(=O)O. The first-order chi connectivity index (χ1) is 19.1. The number of carboxylic acids is 1. The maximum absolute atomic E-state index is 14.0. The van der Waals surface area contributed by atoms with Crippen molar-refractivity contribution in [1.82, 2.24) is 10.2 Å². The number of carbonyl (C=O) groups excluding carboxylic acids is 2. The lowest BCUT2D eigenvalue weighted by Crippen LogP contribution is -2.63. The van der Waals surface area contributed by atoms with Crippen LogP contribution in [0.25, 0.3) is 0 Å². The van der Waals surface area contributed by atoms with Gasteiger partial charge >= 0.3 is 5.97 Å². The van der Waals surface area contributed by atoms with Crippen molar-refractivity contribution in [2.45, 2.75) is 63.9 Å². The maximum Gasteiger partial charge on any atom is 0.305 e. The summed E-state index contributed by atoms with van der Waals surface area (Å²) in [5.74, 6) is -3.76. The molecule has 0 spiro atoms. The quantitative estimate of drug-likeness (QED) is 0.251. The number of carbonyl (C=O) groups is 3. The van der Waals surface area contributed by atoms with Gasteiger partial charge in [0.2, 0.25) is 17.9 Å². The Hall–Kier alpha value is -3.83. The molecule has 40 heavy (non-hydrogen) atoms. The van der Waals surface area contributed by atoms with Crippen LogP contribution in [0.2, 0.25) is 0 Å². The molecule has 11 nitrogen and oxygen atoms in total. The van der Waals surface area contributed by atoms with Crippen LogP contribution in [-0.4, -0.2) is 63.5 Å². The van der Waals surface area contributed by atoms with Crippen LogP contribution in [0, 0.1) is 22.0 Å². The molecule has 216 valence electrons. The highest BCUT2D eigenvalue weighted by Crippen LogP contribution is 2.51. The molecule has 3 rings (SSSR count). The Labute approximate surface area is 233 Å². The second-order valence-corrected chi connectivity index (χ2v) is 10.3.